The molecule has 1 aliphatic rings. The van der Waals surface area contributed by atoms with Crippen molar-refractivity contribution >= 4 is 5.97 Å². The SMILES string of the molecule is [CH2-]CCc1cccc(C[N+](=O)CCN2CCC(OC(=O)Cc3ccccc3-c3ccccc3)CC2)c1.[Y]. The molecule has 37 heavy (non-hydrogen) atoms. The Kier molecular flexibility index (Phi) is 12.1. The number of likely N-dealkylation sites (tertiary alicyclic amines) is 1. The molecule has 0 amide bonds. The van der Waals surface area contributed by atoms with E-state index in [1.165, 1.54) is 5.56 Å². The molecule has 191 valence electrons. The van der Waals surface area contributed by atoms with Crippen LogP contribution in [0.15, 0.2) is 78.9 Å². The molecule has 3 aromatic carbocycles. The third kappa shape index (κ3) is 9.24. The van der Waals surface area contributed by atoms with Gasteiger partial charge in [0.2, 0.25) is 13.1 Å². The third-order valence-corrected chi connectivity index (χ3v) is 6.75. The van der Waals surface area contributed by atoms with Gasteiger partial charge in [0.15, 0.2) is 0 Å². The van der Waals surface area contributed by atoms with Gasteiger partial charge in [-0.2, -0.15) is 6.42 Å². The normalized spacial score (nSPS) is 14.1. The molecule has 0 spiro atoms. The number of rotatable bonds is 11. The number of esters is 1. The van der Waals surface area contributed by atoms with E-state index in [-0.39, 0.29) is 51.2 Å². The molecule has 0 bridgehead atoms. The van der Waals surface area contributed by atoms with E-state index in [0.29, 0.717) is 13.1 Å². The topological polar surface area (TPSA) is 49.6 Å². The largest absolute Gasteiger partial charge is 0.462 e. The summed E-state index contributed by atoms with van der Waals surface area (Å²) in [4.78, 5) is 27.4. The van der Waals surface area contributed by atoms with E-state index in [9.17, 15) is 9.70 Å². The van der Waals surface area contributed by atoms with Crippen LogP contribution >= 0.6 is 0 Å². The van der Waals surface area contributed by atoms with Crippen molar-refractivity contribution in [1.82, 2.24) is 4.90 Å². The van der Waals surface area contributed by atoms with Gasteiger partial charge in [-0.1, -0.05) is 84.8 Å². The number of hydrogen-bond donors (Lipinski definition) is 0. The summed E-state index contributed by atoms with van der Waals surface area (Å²) in [6.07, 6.45) is 3.61. The summed E-state index contributed by atoms with van der Waals surface area (Å²) < 4.78 is 6.97. The zero-order chi connectivity index (χ0) is 25.2. The number of carbonyl (C=O) groups excluding carboxylic acids is 1. The van der Waals surface area contributed by atoms with Crippen molar-refractivity contribution in [3.63, 3.8) is 0 Å². The zero-order valence-corrected chi connectivity index (χ0v) is 24.4. The molecular formula is C31H36N2O3Y. The van der Waals surface area contributed by atoms with E-state index in [4.69, 9.17) is 4.74 Å². The second-order valence-corrected chi connectivity index (χ2v) is 9.52. The summed E-state index contributed by atoms with van der Waals surface area (Å²) in [5, 5.41) is 0. The van der Waals surface area contributed by atoms with Gasteiger partial charge in [0, 0.05) is 61.0 Å². The van der Waals surface area contributed by atoms with Crippen LogP contribution in [-0.2, 0) is 61.6 Å². The molecule has 3 aromatic rings. The van der Waals surface area contributed by atoms with Crippen molar-refractivity contribution < 1.29 is 47.0 Å². The van der Waals surface area contributed by atoms with E-state index in [0.717, 1.165) is 72.3 Å². The molecular weight excluding hydrogens is 537 g/mol. The molecule has 4 rings (SSSR count). The summed E-state index contributed by atoms with van der Waals surface area (Å²) in [6.45, 7) is 7.19. The minimum atomic E-state index is -0.177. The fraction of sp³-hybridized carbons (Fsp3) is 0.355. The number of piperidine rings is 1. The molecule has 0 aliphatic carbocycles. The predicted octanol–water partition coefficient (Wildman–Crippen LogP) is 5.65. The van der Waals surface area contributed by atoms with Gasteiger partial charge >= 0.3 is 5.97 Å². The summed E-state index contributed by atoms with van der Waals surface area (Å²) in [6, 6.07) is 26.4. The van der Waals surface area contributed by atoms with Crippen LogP contribution in [0.4, 0.5) is 0 Å². The van der Waals surface area contributed by atoms with Gasteiger partial charge in [0.25, 0.3) is 0 Å². The molecule has 1 radical (unpaired) electrons. The van der Waals surface area contributed by atoms with Crippen LogP contribution in [0, 0.1) is 11.8 Å². The second kappa shape index (κ2) is 15.3. The molecule has 0 saturated carbocycles. The number of carbonyl (C=O) groups is 1. The van der Waals surface area contributed by atoms with E-state index in [1.54, 1.807) is 0 Å². The molecule has 6 heteroatoms. The summed E-state index contributed by atoms with van der Waals surface area (Å²) in [7, 11) is 0. The maximum Gasteiger partial charge on any atom is 0.310 e. The first kappa shape index (κ1) is 29.4. The van der Waals surface area contributed by atoms with Gasteiger partial charge in [-0.25, -0.2) is 0 Å². The summed E-state index contributed by atoms with van der Waals surface area (Å²) in [5.41, 5.74) is 5.44. The monoisotopic (exact) mass is 573 g/mol. The van der Waals surface area contributed by atoms with Crippen LogP contribution in [0.3, 0.4) is 0 Å². The minimum Gasteiger partial charge on any atom is -0.462 e. The maximum atomic E-state index is 12.7. The Balaban J connectivity index is 0.00000380. The Morgan fingerprint density at radius 3 is 2.41 bits per heavy atom. The second-order valence-electron chi connectivity index (χ2n) is 9.52. The van der Waals surface area contributed by atoms with Crippen LogP contribution in [0.5, 0.6) is 0 Å². The number of hydrogen-bond acceptors (Lipinski definition) is 4. The zero-order valence-electron chi connectivity index (χ0n) is 21.6. The third-order valence-electron chi connectivity index (χ3n) is 6.75. The van der Waals surface area contributed by atoms with Crippen LogP contribution < -0.4 is 0 Å². The average Bonchev–Trinajstić information content (AvgIpc) is 2.89. The fourth-order valence-corrected chi connectivity index (χ4v) is 4.83. The molecule has 0 aromatic heterocycles. The Morgan fingerprint density at radius 1 is 0.946 bits per heavy atom. The van der Waals surface area contributed by atoms with Crippen LogP contribution in [0.25, 0.3) is 11.1 Å². The predicted molar refractivity (Wildman–Crippen MR) is 143 cm³/mol. The molecule has 1 saturated heterocycles. The van der Waals surface area contributed by atoms with Crippen molar-refractivity contribution in [3.05, 3.63) is 107 Å². The minimum absolute atomic E-state index is 0. The Labute approximate surface area is 246 Å². The molecule has 1 fully saturated rings. The van der Waals surface area contributed by atoms with Gasteiger partial charge < -0.3 is 11.7 Å². The maximum absolute atomic E-state index is 12.7. The van der Waals surface area contributed by atoms with Crippen molar-refractivity contribution in [3.8, 4) is 11.1 Å². The van der Waals surface area contributed by atoms with E-state index in [2.05, 4.69) is 42.2 Å². The van der Waals surface area contributed by atoms with Gasteiger partial charge in [-0.15, -0.1) is 0 Å². The van der Waals surface area contributed by atoms with Gasteiger partial charge in [0.1, 0.15) is 6.10 Å². The number of ether oxygens (including phenoxy) is 1. The molecule has 0 unspecified atom stereocenters. The van der Waals surface area contributed by atoms with Crippen molar-refractivity contribution in [2.75, 3.05) is 26.2 Å². The molecule has 0 atom stereocenters. The summed E-state index contributed by atoms with van der Waals surface area (Å²) in [5.74, 6) is -0.177. The molecule has 1 aliphatic heterocycles. The number of nitrogens with zero attached hydrogens (tertiary/aromatic N) is 2. The van der Waals surface area contributed by atoms with Crippen LogP contribution in [0.1, 0.15) is 36.0 Å². The number of benzene rings is 3. The van der Waals surface area contributed by atoms with Crippen LogP contribution in [0.2, 0.25) is 0 Å². The standard InChI is InChI=1S/C31H36N2O3.Y/c1-2-9-25-10-8-11-26(22-25)24-33(35)21-20-32-18-16-29(17-19-32)36-31(34)23-28-14-6-7-15-30(28)27-12-4-3-5-13-27;/h3-8,10-15,22,29H,1-2,9,16-21,23-24H2;. The van der Waals surface area contributed by atoms with Gasteiger partial charge in [0.05, 0.1) is 13.0 Å². The Bertz CT molecular complexity index is 1140. The van der Waals surface area contributed by atoms with Gasteiger partial charge in [-0.3, -0.25) is 9.69 Å². The van der Waals surface area contributed by atoms with Crippen molar-refractivity contribution in [2.24, 2.45) is 0 Å². The van der Waals surface area contributed by atoms with E-state index in [1.807, 2.05) is 48.5 Å². The fourth-order valence-electron chi connectivity index (χ4n) is 4.83. The van der Waals surface area contributed by atoms with Crippen molar-refractivity contribution in [2.45, 2.75) is 44.8 Å². The average molecular weight is 574 g/mol. The quantitative estimate of drug-likeness (QED) is 0.169. The van der Waals surface area contributed by atoms with Gasteiger partial charge in [-0.05, 0) is 35.6 Å². The smallest absolute Gasteiger partial charge is 0.310 e. The van der Waals surface area contributed by atoms with E-state index < -0.39 is 0 Å². The number of nitroso groups, excluding NO2 is 1. The number of aryl methyl sites for hydroxylation is 1. The first-order chi connectivity index (χ1) is 17.6. The Morgan fingerprint density at radius 2 is 1.65 bits per heavy atom. The first-order valence-corrected chi connectivity index (χ1v) is 12.9. The van der Waals surface area contributed by atoms with E-state index >= 15 is 0 Å². The molecule has 5 nitrogen and oxygen atoms in total. The molecule has 0 N–H and O–H groups in total. The summed E-state index contributed by atoms with van der Waals surface area (Å²) >= 11 is 0. The Hall–Kier alpha value is -2.21. The first-order valence-electron chi connectivity index (χ1n) is 12.9. The molecule has 1 heterocycles. The van der Waals surface area contributed by atoms with Crippen molar-refractivity contribution in [1.29, 1.82) is 0 Å². The van der Waals surface area contributed by atoms with Crippen LogP contribution in [-0.4, -0.2) is 47.9 Å².